The van der Waals surface area contributed by atoms with Crippen molar-refractivity contribution in [2.24, 2.45) is 10.7 Å². The van der Waals surface area contributed by atoms with Crippen molar-refractivity contribution in [3.05, 3.63) is 29.8 Å². The summed E-state index contributed by atoms with van der Waals surface area (Å²) in [5.41, 5.74) is 6.95. The van der Waals surface area contributed by atoms with Gasteiger partial charge in [0.2, 0.25) is 0 Å². The SMILES string of the molecule is COc1ccc(C(C)CCN=C(N)N2CCN(C(=O)OC(C)(C)C)CC2)cc1.I. The Morgan fingerprint density at radius 1 is 1.14 bits per heavy atom. The molecule has 2 rings (SSSR count). The number of ether oxygens (including phenoxy) is 2. The zero-order chi connectivity index (χ0) is 20.7. The first kappa shape index (κ1) is 25.3. The highest BCUT2D eigenvalue weighted by atomic mass is 127. The van der Waals surface area contributed by atoms with Gasteiger partial charge in [-0.25, -0.2) is 4.79 Å². The lowest BCUT2D eigenvalue weighted by molar-refractivity contribution is 0.0186. The number of nitrogens with two attached hydrogens (primary N) is 1. The van der Waals surface area contributed by atoms with Crippen LogP contribution in [0.1, 0.15) is 45.6 Å². The fourth-order valence-electron chi connectivity index (χ4n) is 3.02. The average molecular weight is 518 g/mol. The Morgan fingerprint density at radius 2 is 1.69 bits per heavy atom. The third kappa shape index (κ3) is 8.28. The summed E-state index contributed by atoms with van der Waals surface area (Å²) in [6.07, 6.45) is 0.654. The summed E-state index contributed by atoms with van der Waals surface area (Å²) >= 11 is 0. The van der Waals surface area contributed by atoms with Crippen LogP contribution in [0.4, 0.5) is 4.79 Å². The summed E-state index contributed by atoms with van der Waals surface area (Å²) in [6, 6.07) is 8.14. The molecule has 1 heterocycles. The van der Waals surface area contributed by atoms with E-state index in [2.05, 4.69) is 24.0 Å². The van der Waals surface area contributed by atoms with Crippen molar-refractivity contribution < 1.29 is 14.3 Å². The maximum atomic E-state index is 12.1. The average Bonchev–Trinajstić information content (AvgIpc) is 2.66. The minimum Gasteiger partial charge on any atom is -0.497 e. The molecular weight excluding hydrogens is 483 g/mol. The number of hydrogen-bond donors (Lipinski definition) is 1. The molecule has 1 aliphatic rings. The van der Waals surface area contributed by atoms with Crippen molar-refractivity contribution in [2.75, 3.05) is 39.8 Å². The van der Waals surface area contributed by atoms with E-state index in [9.17, 15) is 4.79 Å². The van der Waals surface area contributed by atoms with Gasteiger partial charge < -0.3 is 25.0 Å². The number of benzene rings is 1. The van der Waals surface area contributed by atoms with Crippen LogP contribution in [0.25, 0.3) is 0 Å². The highest BCUT2D eigenvalue weighted by Gasteiger charge is 2.26. The topological polar surface area (TPSA) is 80.4 Å². The van der Waals surface area contributed by atoms with Crippen molar-refractivity contribution in [3.8, 4) is 5.75 Å². The minimum absolute atomic E-state index is 0. The second-order valence-electron chi connectivity index (χ2n) is 8.16. The van der Waals surface area contributed by atoms with Crippen LogP contribution < -0.4 is 10.5 Å². The fourth-order valence-corrected chi connectivity index (χ4v) is 3.02. The molecule has 1 unspecified atom stereocenters. The van der Waals surface area contributed by atoms with Crippen LogP contribution in [-0.4, -0.2) is 67.3 Å². The maximum Gasteiger partial charge on any atom is 0.410 e. The second kappa shape index (κ2) is 11.5. The van der Waals surface area contributed by atoms with Crippen LogP contribution in [0.5, 0.6) is 5.75 Å². The predicted molar refractivity (Wildman–Crippen MR) is 127 cm³/mol. The number of carbonyl (C=O) groups is 1. The van der Waals surface area contributed by atoms with E-state index in [-0.39, 0.29) is 30.1 Å². The second-order valence-corrected chi connectivity index (χ2v) is 8.16. The third-order valence-corrected chi connectivity index (χ3v) is 4.78. The number of guanidine groups is 1. The zero-order valence-electron chi connectivity index (χ0n) is 18.2. The summed E-state index contributed by atoms with van der Waals surface area (Å²) in [5.74, 6) is 1.81. The van der Waals surface area contributed by atoms with Gasteiger partial charge in [-0.1, -0.05) is 19.1 Å². The molecule has 0 spiro atoms. The third-order valence-electron chi connectivity index (χ3n) is 4.78. The minimum atomic E-state index is -0.477. The number of piperazine rings is 1. The summed E-state index contributed by atoms with van der Waals surface area (Å²) < 4.78 is 10.6. The van der Waals surface area contributed by atoms with Gasteiger partial charge in [-0.2, -0.15) is 0 Å². The molecule has 8 heteroatoms. The Hall–Kier alpha value is -1.71. The molecule has 0 saturated carbocycles. The molecular formula is C21H35IN4O3. The molecule has 0 aliphatic carbocycles. The quantitative estimate of drug-likeness (QED) is 0.366. The number of halogens is 1. The molecule has 0 radical (unpaired) electrons. The van der Waals surface area contributed by atoms with Crippen molar-refractivity contribution in [2.45, 2.75) is 45.6 Å². The largest absolute Gasteiger partial charge is 0.497 e. The van der Waals surface area contributed by atoms with Gasteiger partial charge >= 0.3 is 6.09 Å². The van der Waals surface area contributed by atoms with Crippen LogP contribution in [-0.2, 0) is 4.74 Å². The summed E-state index contributed by atoms with van der Waals surface area (Å²) in [4.78, 5) is 20.4. The van der Waals surface area contributed by atoms with Gasteiger partial charge in [0, 0.05) is 32.7 Å². The lowest BCUT2D eigenvalue weighted by Gasteiger charge is -2.36. The molecule has 1 fully saturated rings. The molecule has 1 atom stereocenters. The van der Waals surface area contributed by atoms with E-state index < -0.39 is 5.60 Å². The van der Waals surface area contributed by atoms with Gasteiger partial charge in [0.1, 0.15) is 11.4 Å². The van der Waals surface area contributed by atoms with Crippen LogP contribution in [0.15, 0.2) is 29.3 Å². The van der Waals surface area contributed by atoms with Crippen molar-refractivity contribution in [1.82, 2.24) is 9.80 Å². The lowest BCUT2D eigenvalue weighted by Crippen LogP contribution is -2.53. The van der Waals surface area contributed by atoms with E-state index in [1.54, 1.807) is 12.0 Å². The van der Waals surface area contributed by atoms with E-state index in [1.807, 2.05) is 37.8 Å². The van der Waals surface area contributed by atoms with E-state index in [4.69, 9.17) is 15.2 Å². The molecule has 29 heavy (non-hydrogen) atoms. The first-order chi connectivity index (χ1) is 13.2. The highest BCUT2D eigenvalue weighted by molar-refractivity contribution is 14.0. The molecule has 1 aromatic rings. The number of amides is 1. The van der Waals surface area contributed by atoms with Gasteiger partial charge in [0.25, 0.3) is 0 Å². The molecule has 1 aliphatic heterocycles. The number of carbonyl (C=O) groups excluding carboxylic acids is 1. The van der Waals surface area contributed by atoms with E-state index >= 15 is 0 Å². The zero-order valence-corrected chi connectivity index (χ0v) is 20.5. The van der Waals surface area contributed by atoms with Crippen molar-refractivity contribution in [1.29, 1.82) is 0 Å². The summed E-state index contributed by atoms with van der Waals surface area (Å²) in [6.45, 7) is 11.0. The van der Waals surface area contributed by atoms with Gasteiger partial charge in [0.05, 0.1) is 7.11 Å². The Bertz CT molecular complexity index is 665. The highest BCUT2D eigenvalue weighted by Crippen LogP contribution is 2.21. The van der Waals surface area contributed by atoms with E-state index in [1.165, 1.54) is 5.56 Å². The normalized spacial score (nSPS) is 16.1. The van der Waals surface area contributed by atoms with Gasteiger partial charge in [-0.05, 0) is 50.8 Å². The smallest absolute Gasteiger partial charge is 0.410 e. The predicted octanol–water partition coefficient (Wildman–Crippen LogP) is 3.67. The molecule has 2 N–H and O–H groups in total. The molecule has 164 valence electrons. The van der Waals surface area contributed by atoms with Gasteiger partial charge in [-0.15, -0.1) is 24.0 Å². The number of hydrogen-bond acceptors (Lipinski definition) is 4. The Labute approximate surface area is 191 Å². The van der Waals surface area contributed by atoms with Crippen LogP contribution in [0.2, 0.25) is 0 Å². The Morgan fingerprint density at radius 3 is 2.21 bits per heavy atom. The molecule has 7 nitrogen and oxygen atoms in total. The number of rotatable bonds is 5. The molecule has 0 bridgehead atoms. The van der Waals surface area contributed by atoms with Crippen molar-refractivity contribution >= 4 is 36.0 Å². The standard InChI is InChI=1S/C21H34N4O3.HI/c1-16(17-6-8-18(27-5)9-7-17)10-11-23-19(22)24-12-14-25(15-13-24)20(26)28-21(2,3)4;/h6-9,16H,10-15H2,1-5H3,(H2,22,23);1H. The molecule has 1 saturated heterocycles. The van der Waals surface area contributed by atoms with Crippen LogP contribution in [0.3, 0.4) is 0 Å². The summed E-state index contributed by atoms with van der Waals surface area (Å²) in [5, 5.41) is 0. The van der Waals surface area contributed by atoms with Gasteiger partial charge in [0.15, 0.2) is 5.96 Å². The van der Waals surface area contributed by atoms with E-state index in [0.717, 1.165) is 12.2 Å². The monoisotopic (exact) mass is 518 g/mol. The molecule has 0 aromatic heterocycles. The van der Waals surface area contributed by atoms with E-state index in [0.29, 0.717) is 44.6 Å². The lowest BCUT2D eigenvalue weighted by atomic mass is 9.98. The Balaban J connectivity index is 0.00000420. The van der Waals surface area contributed by atoms with Gasteiger partial charge in [-0.3, -0.25) is 4.99 Å². The summed E-state index contributed by atoms with van der Waals surface area (Å²) in [7, 11) is 1.67. The number of methoxy groups -OCH3 is 1. The van der Waals surface area contributed by atoms with Crippen LogP contribution >= 0.6 is 24.0 Å². The molecule has 1 aromatic carbocycles. The first-order valence-corrected chi connectivity index (χ1v) is 9.86. The van der Waals surface area contributed by atoms with Crippen LogP contribution in [0, 0.1) is 0 Å². The first-order valence-electron chi connectivity index (χ1n) is 9.86. The van der Waals surface area contributed by atoms with Crippen molar-refractivity contribution in [3.63, 3.8) is 0 Å². The number of nitrogens with zero attached hydrogens (tertiary/aromatic N) is 3. The fraction of sp³-hybridized carbons (Fsp3) is 0.619. The number of aliphatic imine (C=N–C) groups is 1. The molecule has 1 amide bonds. The Kier molecular flexibility index (Phi) is 10.0. The maximum absolute atomic E-state index is 12.1.